The Labute approximate surface area is 205 Å². The van der Waals surface area contributed by atoms with Crippen LogP contribution in [0.2, 0.25) is 0 Å². The Hall–Kier alpha value is -3.59. The van der Waals surface area contributed by atoms with Crippen molar-refractivity contribution in [1.29, 1.82) is 0 Å². The Morgan fingerprint density at radius 2 is 1.86 bits per heavy atom. The molecule has 4 rings (SSSR count). The van der Waals surface area contributed by atoms with Crippen LogP contribution in [0.5, 0.6) is 0 Å². The Morgan fingerprint density at radius 3 is 2.57 bits per heavy atom. The van der Waals surface area contributed by atoms with Crippen molar-refractivity contribution in [3.8, 4) is 0 Å². The molecule has 1 amide bonds. The number of hydrogen-bond donors (Lipinski definition) is 3. The highest BCUT2D eigenvalue weighted by molar-refractivity contribution is 6.00. The van der Waals surface area contributed by atoms with Crippen molar-refractivity contribution in [2.24, 2.45) is 0 Å². The van der Waals surface area contributed by atoms with Gasteiger partial charge in [0.25, 0.3) is 5.91 Å². The molecule has 0 spiro atoms. The first-order valence-corrected chi connectivity index (χ1v) is 11.8. The molecule has 1 aromatic carbocycles. The van der Waals surface area contributed by atoms with Gasteiger partial charge in [0, 0.05) is 36.7 Å². The number of amides is 1. The lowest BCUT2D eigenvalue weighted by molar-refractivity contribution is 0.0956. The molecule has 9 heteroatoms. The molecular weight excluding hydrogens is 445 g/mol. The minimum atomic E-state index is -1.69. The van der Waals surface area contributed by atoms with Crippen LogP contribution in [0.4, 0.5) is 27.4 Å². The summed E-state index contributed by atoms with van der Waals surface area (Å²) in [6, 6.07) is 10.3. The van der Waals surface area contributed by atoms with E-state index in [2.05, 4.69) is 62.0 Å². The first-order valence-electron chi connectivity index (χ1n) is 11.8. The van der Waals surface area contributed by atoms with Gasteiger partial charge >= 0.3 is 0 Å². The Kier molecular flexibility index (Phi) is 6.98. The van der Waals surface area contributed by atoms with E-state index in [9.17, 15) is 9.18 Å². The van der Waals surface area contributed by atoms with Crippen LogP contribution in [0.25, 0.3) is 0 Å². The van der Waals surface area contributed by atoms with E-state index in [-0.39, 0.29) is 11.7 Å². The van der Waals surface area contributed by atoms with E-state index < -0.39 is 5.67 Å². The van der Waals surface area contributed by atoms with Crippen molar-refractivity contribution in [3.63, 3.8) is 0 Å². The van der Waals surface area contributed by atoms with Crippen LogP contribution < -0.4 is 16.0 Å². The van der Waals surface area contributed by atoms with E-state index in [0.717, 1.165) is 18.5 Å². The van der Waals surface area contributed by atoms with Crippen molar-refractivity contribution < 1.29 is 9.18 Å². The molecule has 2 aromatic heterocycles. The minimum Gasteiger partial charge on any atom is -0.352 e. The molecule has 1 unspecified atom stereocenters. The maximum absolute atomic E-state index is 14.4. The normalized spacial score (nSPS) is 15.1. The summed E-state index contributed by atoms with van der Waals surface area (Å²) < 4.78 is 14.4. The highest BCUT2D eigenvalue weighted by Gasteiger charge is 2.24. The number of nitrogens with zero attached hydrogens (tertiary/aromatic N) is 4. The molecule has 35 heavy (non-hydrogen) atoms. The summed E-state index contributed by atoms with van der Waals surface area (Å²) in [6.45, 7) is 5.13. The lowest BCUT2D eigenvalue weighted by atomic mass is 10.1. The van der Waals surface area contributed by atoms with Gasteiger partial charge in [0.05, 0.1) is 11.3 Å². The molecule has 8 nitrogen and oxygen atoms in total. The first kappa shape index (κ1) is 24.5. The summed E-state index contributed by atoms with van der Waals surface area (Å²) in [5.41, 5.74) is 2.80. The number of likely N-dealkylation sites (N-methyl/N-ethyl adjacent to an activating group) is 1. The van der Waals surface area contributed by atoms with E-state index in [0.29, 0.717) is 35.5 Å². The standard InChI is InChI=1S/C26H32FN7O/c1-6-28-24(35)20-15-30-23(14-21(20)32-22-9-10-29-25(33-22)26(2,3)27)31-18-8-7-16-12-19(34(4)5)13-17(16)11-18/h7-11,14-15,19H,6,12-13H2,1-5H3,(H,28,35)(H2,29,30,31,32,33). The fourth-order valence-corrected chi connectivity index (χ4v) is 4.10. The van der Waals surface area contributed by atoms with Gasteiger partial charge in [0.2, 0.25) is 0 Å². The predicted molar refractivity (Wildman–Crippen MR) is 136 cm³/mol. The van der Waals surface area contributed by atoms with Gasteiger partial charge < -0.3 is 20.9 Å². The van der Waals surface area contributed by atoms with Crippen molar-refractivity contribution in [1.82, 2.24) is 25.2 Å². The monoisotopic (exact) mass is 477 g/mol. The summed E-state index contributed by atoms with van der Waals surface area (Å²) in [6.07, 6.45) is 5.07. The number of aromatic nitrogens is 3. The molecule has 3 aromatic rings. The van der Waals surface area contributed by atoms with Crippen molar-refractivity contribution in [2.45, 2.75) is 45.3 Å². The van der Waals surface area contributed by atoms with Gasteiger partial charge in [-0.05, 0) is 77.0 Å². The predicted octanol–water partition coefficient (Wildman–Crippen LogP) is 4.34. The van der Waals surface area contributed by atoms with Crippen LogP contribution in [0, 0.1) is 0 Å². The fourth-order valence-electron chi connectivity index (χ4n) is 4.10. The molecule has 1 aliphatic rings. The first-order chi connectivity index (χ1) is 16.6. The number of nitrogens with one attached hydrogen (secondary N) is 3. The molecule has 0 bridgehead atoms. The highest BCUT2D eigenvalue weighted by atomic mass is 19.1. The Bertz CT molecular complexity index is 1220. The zero-order chi connectivity index (χ0) is 25.2. The van der Waals surface area contributed by atoms with Crippen molar-refractivity contribution in [3.05, 3.63) is 65.2 Å². The molecule has 3 N–H and O–H groups in total. The average molecular weight is 478 g/mol. The van der Waals surface area contributed by atoms with Crippen LogP contribution in [-0.4, -0.2) is 52.4 Å². The van der Waals surface area contributed by atoms with Crippen molar-refractivity contribution in [2.75, 3.05) is 31.3 Å². The number of halogens is 1. The largest absolute Gasteiger partial charge is 0.352 e. The summed E-state index contributed by atoms with van der Waals surface area (Å²) in [7, 11) is 4.22. The van der Waals surface area contributed by atoms with Gasteiger partial charge in [-0.15, -0.1) is 0 Å². The lowest BCUT2D eigenvalue weighted by Crippen LogP contribution is -2.27. The number of carbonyl (C=O) groups is 1. The van der Waals surface area contributed by atoms with E-state index in [1.165, 1.54) is 37.4 Å². The number of alkyl halides is 1. The van der Waals surface area contributed by atoms with E-state index in [4.69, 9.17) is 0 Å². The Balaban J connectivity index is 1.61. The molecule has 0 fully saturated rings. The molecule has 1 atom stereocenters. The third-order valence-electron chi connectivity index (χ3n) is 6.06. The maximum atomic E-state index is 14.4. The van der Waals surface area contributed by atoms with Crippen LogP contribution >= 0.6 is 0 Å². The molecule has 0 saturated heterocycles. The van der Waals surface area contributed by atoms with Gasteiger partial charge in [0.1, 0.15) is 11.6 Å². The quantitative estimate of drug-likeness (QED) is 0.444. The second kappa shape index (κ2) is 9.95. The zero-order valence-electron chi connectivity index (χ0n) is 20.8. The number of hydrogen-bond acceptors (Lipinski definition) is 7. The summed E-state index contributed by atoms with van der Waals surface area (Å²) in [5.74, 6) is 0.753. The molecule has 0 aliphatic heterocycles. The average Bonchev–Trinajstić information content (AvgIpc) is 3.23. The second-order valence-corrected chi connectivity index (χ2v) is 9.47. The topological polar surface area (TPSA) is 95.1 Å². The third kappa shape index (κ3) is 5.74. The van der Waals surface area contributed by atoms with Crippen LogP contribution in [0.1, 0.15) is 48.1 Å². The van der Waals surface area contributed by atoms with Crippen molar-refractivity contribution >= 4 is 28.9 Å². The summed E-state index contributed by atoms with van der Waals surface area (Å²) in [5, 5.41) is 9.29. The van der Waals surface area contributed by atoms with E-state index in [1.807, 2.05) is 13.0 Å². The summed E-state index contributed by atoms with van der Waals surface area (Å²) >= 11 is 0. The van der Waals surface area contributed by atoms with E-state index >= 15 is 0 Å². The second-order valence-electron chi connectivity index (χ2n) is 9.47. The van der Waals surface area contributed by atoms with Crippen LogP contribution in [-0.2, 0) is 18.5 Å². The molecule has 1 aliphatic carbocycles. The number of pyridine rings is 1. The lowest BCUT2D eigenvalue weighted by Gasteiger charge is -2.17. The molecule has 0 radical (unpaired) electrons. The summed E-state index contributed by atoms with van der Waals surface area (Å²) in [4.78, 5) is 27.7. The van der Waals surface area contributed by atoms with Gasteiger partial charge in [-0.3, -0.25) is 4.79 Å². The Morgan fingerprint density at radius 1 is 1.09 bits per heavy atom. The highest BCUT2D eigenvalue weighted by Crippen LogP contribution is 2.30. The SMILES string of the molecule is CCNC(=O)c1cnc(Nc2ccc3c(c2)CC(N(C)C)C3)cc1Nc1ccnc(C(C)(C)F)n1. The van der Waals surface area contributed by atoms with Gasteiger partial charge in [-0.2, -0.15) is 0 Å². The number of anilines is 4. The fraction of sp³-hybridized carbons (Fsp3) is 0.385. The van der Waals surface area contributed by atoms with Gasteiger partial charge in [0.15, 0.2) is 11.5 Å². The molecule has 0 saturated carbocycles. The zero-order valence-corrected chi connectivity index (χ0v) is 20.8. The third-order valence-corrected chi connectivity index (χ3v) is 6.06. The molecular formula is C26H32FN7O. The number of carbonyl (C=O) groups excluding carboxylic acids is 1. The number of benzene rings is 1. The number of fused-ring (bicyclic) bond motifs is 1. The van der Waals surface area contributed by atoms with Crippen LogP contribution in [0.15, 0.2) is 42.7 Å². The molecule has 2 heterocycles. The number of rotatable bonds is 8. The maximum Gasteiger partial charge on any atom is 0.254 e. The molecule has 184 valence electrons. The van der Waals surface area contributed by atoms with Gasteiger partial charge in [-0.25, -0.2) is 19.3 Å². The smallest absolute Gasteiger partial charge is 0.254 e. The minimum absolute atomic E-state index is 0.0589. The van der Waals surface area contributed by atoms with Gasteiger partial charge in [-0.1, -0.05) is 6.07 Å². The van der Waals surface area contributed by atoms with Crippen LogP contribution in [0.3, 0.4) is 0 Å². The van der Waals surface area contributed by atoms with E-state index in [1.54, 1.807) is 12.1 Å².